The maximum atomic E-state index is 14.0. The van der Waals surface area contributed by atoms with Crippen molar-refractivity contribution in [1.29, 1.82) is 0 Å². The lowest BCUT2D eigenvalue weighted by molar-refractivity contribution is -0.147. The molecule has 3 aliphatic rings. The summed E-state index contributed by atoms with van der Waals surface area (Å²) in [4.78, 5) is 25.2. The molecule has 164 valence electrons. The summed E-state index contributed by atoms with van der Waals surface area (Å²) in [6.45, 7) is 1.99. The van der Waals surface area contributed by atoms with Gasteiger partial charge in [-0.15, -0.1) is 0 Å². The van der Waals surface area contributed by atoms with E-state index in [0.29, 0.717) is 23.8 Å². The van der Waals surface area contributed by atoms with E-state index < -0.39 is 17.9 Å². The monoisotopic (exact) mass is 433 g/mol. The minimum atomic E-state index is -4.70. The van der Waals surface area contributed by atoms with E-state index in [-0.39, 0.29) is 30.1 Å². The molecule has 0 spiro atoms. The number of amides is 1. The van der Waals surface area contributed by atoms with Crippen molar-refractivity contribution in [3.63, 3.8) is 0 Å². The predicted molar refractivity (Wildman–Crippen MR) is 107 cm³/mol. The maximum absolute atomic E-state index is 14.0. The Balaban J connectivity index is 1.66. The van der Waals surface area contributed by atoms with Crippen LogP contribution < -0.4 is 9.64 Å². The quantitative estimate of drug-likeness (QED) is 0.740. The van der Waals surface area contributed by atoms with Gasteiger partial charge in [-0.25, -0.2) is 9.98 Å². The summed E-state index contributed by atoms with van der Waals surface area (Å²) in [7, 11) is 1.52. The summed E-state index contributed by atoms with van der Waals surface area (Å²) in [5, 5.41) is 0. The van der Waals surface area contributed by atoms with E-state index >= 15 is 0 Å². The molecule has 3 heterocycles. The molecule has 2 aliphatic heterocycles. The molecule has 5 rings (SSSR count). The van der Waals surface area contributed by atoms with Gasteiger partial charge in [0.15, 0.2) is 11.5 Å². The summed E-state index contributed by atoms with van der Waals surface area (Å²) >= 11 is 0. The van der Waals surface area contributed by atoms with Crippen LogP contribution >= 0.6 is 0 Å². The van der Waals surface area contributed by atoms with Crippen molar-refractivity contribution in [3.8, 4) is 5.75 Å². The average molecular weight is 433 g/mol. The fourth-order valence-corrected chi connectivity index (χ4v) is 4.79. The molecule has 2 atom stereocenters. The number of carbonyl (C=O) groups is 1. The van der Waals surface area contributed by atoms with Gasteiger partial charge in [-0.1, -0.05) is 12.1 Å². The Morgan fingerprint density at radius 1 is 1.19 bits per heavy atom. The molecule has 31 heavy (non-hydrogen) atoms. The molecular weight excluding hydrogens is 411 g/mol. The van der Waals surface area contributed by atoms with Crippen molar-refractivity contribution in [2.24, 2.45) is 4.99 Å². The van der Waals surface area contributed by atoms with Crippen LogP contribution in [0.3, 0.4) is 0 Å². The van der Waals surface area contributed by atoms with E-state index in [0.717, 1.165) is 23.8 Å². The van der Waals surface area contributed by atoms with Crippen LogP contribution in [-0.2, 0) is 12.7 Å². The number of alkyl halides is 3. The number of anilines is 1. The van der Waals surface area contributed by atoms with Gasteiger partial charge in [-0.2, -0.15) is 13.2 Å². The average Bonchev–Trinajstić information content (AvgIpc) is 3.41. The van der Waals surface area contributed by atoms with Crippen LogP contribution in [0.25, 0.3) is 0 Å². The molecule has 10 heteroatoms. The van der Waals surface area contributed by atoms with Gasteiger partial charge < -0.3 is 9.30 Å². The van der Waals surface area contributed by atoms with Crippen LogP contribution in [0.15, 0.2) is 29.3 Å². The summed E-state index contributed by atoms with van der Waals surface area (Å²) in [6, 6.07) is 6.67. The maximum Gasteiger partial charge on any atom is 0.449 e. The van der Waals surface area contributed by atoms with Crippen LogP contribution in [0.2, 0.25) is 0 Å². The van der Waals surface area contributed by atoms with Crippen molar-refractivity contribution in [2.75, 3.05) is 18.6 Å². The Hall–Kier alpha value is -3.04. The zero-order valence-corrected chi connectivity index (χ0v) is 17.2. The van der Waals surface area contributed by atoms with E-state index in [1.165, 1.54) is 12.0 Å². The number of hydrogen-bond donors (Lipinski definition) is 0. The molecule has 0 radical (unpaired) electrons. The van der Waals surface area contributed by atoms with Gasteiger partial charge in [0, 0.05) is 13.1 Å². The topological polar surface area (TPSA) is 63.0 Å². The molecule has 0 unspecified atom stereocenters. The number of aliphatic imine (C=N–C) groups is 1. The predicted octanol–water partition coefficient (Wildman–Crippen LogP) is 3.53. The van der Waals surface area contributed by atoms with Gasteiger partial charge in [0.2, 0.25) is 11.8 Å². The molecule has 1 aliphatic carbocycles. The molecule has 1 aromatic heterocycles. The van der Waals surface area contributed by atoms with Crippen LogP contribution in [0.5, 0.6) is 5.75 Å². The number of nitrogens with zero attached hydrogens (tertiary/aromatic N) is 5. The second-order valence-corrected chi connectivity index (χ2v) is 7.95. The van der Waals surface area contributed by atoms with Crippen molar-refractivity contribution in [2.45, 2.75) is 51.0 Å². The SMILES string of the molecule is CCN1C(=O)c2c(nc(C(F)(F)F)n2Cc2ccc(OC)cc2)N2C1=N[C@@H]1CCC[C@@H]12. The lowest BCUT2D eigenvalue weighted by Gasteiger charge is -2.35. The zero-order chi connectivity index (χ0) is 21.9. The standard InChI is InChI=1S/C21H22F3N5O2/c1-3-27-18(30)16-17(29-15-6-4-5-14(15)25-20(27)29)26-19(21(22,23)24)28(16)11-12-7-9-13(31-2)10-8-12/h7-10,14-15H,3-6,11H2,1-2H3/t14-,15+/m1/s1. The molecule has 1 aromatic carbocycles. The van der Waals surface area contributed by atoms with E-state index in [1.54, 1.807) is 36.1 Å². The first kappa shape index (κ1) is 19.9. The Morgan fingerprint density at radius 3 is 2.58 bits per heavy atom. The summed E-state index contributed by atoms with van der Waals surface area (Å²) in [6.07, 6.45) is -2.07. The second-order valence-electron chi connectivity index (χ2n) is 7.95. The van der Waals surface area contributed by atoms with Crippen molar-refractivity contribution < 1.29 is 22.7 Å². The van der Waals surface area contributed by atoms with Gasteiger partial charge in [-0.3, -0.25) is 14.6 Å². The number of aromatic nitrogens is 2. The highest BCUT2D eigenvalue weighted by Gasteiger charge is 2.51. The highest BCUT2D eigenvalue weighted by atomic mass is 19.4. The normalized spacial score (nSPS) is 22.4. The largest absolute Gasteiger partial charge is 0.497 e. The lowest BCUT2D eigenvalue weighted by atomic mass is 10.1. The molecule has 1 amide bonds. The number of carbonyl (C=O) groups excluding carboxylic acids is 1. The minimum Gasteiger partial charge on any atom is -0.497 e. The van der Waals surface area contributed by atoms with Crippen LogP contribution in [-0.4, -0.2) is 52.1 Å². The third-order valence-electron chi connectivity index (χ3n) is 6.21. The molecule has 7 nitrogen and oxygen atoms in total. The third-order valence-corrected chi connectivity index (χ3v) is 6.21. The van der Waals surface area contributed by atoms with E-state index in [4.69, 9.17) is 4.74 Å². The number of benzene rings is 1. The molecular formula is C21H22F3N5O2. The Bertz CT molecular complexity index is 1060. The van der Waals surface area contributed by atoms with Crippen molar-refractivity contribution in [3.05, 3.63) is 41.3 Å². The summed E-state index contributed by atoms with van der Waals surface area (Å²) in [5.41, 5.74) is 0.582. The molecule has 0 bridgehead atoms. The number of rotatable bonds is 4. The van der Waals surface area contributed by atoms with Crippen molar-refractivity contribution in [1.82, 2.24) is 14.5 Å². The zero-order valence-electron chi connectivity index (χ0n) is 17.2. The number of guanidine groups is 1. The van der Waals surface area contributed by atoms with E-state index in [9.17, 15) is 18.0 Å². The smallest absolute Gasteiger partial charge is 0.449 e. The number of methoxy groups -OCH3 is 1. The van der Waals surface area contributed by atoms with E-state index in [1.807, 2.05) is 0 Å². The number of fused-ring (bicyclic) bond motifs is 5. The highest BCUT2D eigenvalue weighted by Crippen LogP contribution is 2.43. The number of imidazole rings is 1. The van der Waals surface area contributed by atoms with Crippen LogP contribution in [0.4, 0.5) is 19.0 Å². The van der Waals surface area contributed by atoms with Gasteiger partial charge in [-0.05, 0) is 43.9 Å². The lowest BCUT2D eigenvalue weighted by Crippen LogP contribution is -2.53. The third kappa shape index (κ3) is 2.99. The van der Waals surface area contributed by atoms with Gasteiger partial charge in [0.05, 0.1) is 19.2 Å². The minimum absolute atomic E-state index is 0.0103. The molecule has 0 N–H and O–H groups in total. The van der Waals surface area contributed by atoms with Crippen LogP contribution in [0, 0.1) is 0 Å². The summed E-state index contributed by atoms with van der Waals surface area (Å²) < 4.78 is 48.1. The first-order valence-corrected chi connectivity index (χ1v) is 10.3. The fraction of sp³-hybridized carbons (Fsp3) is 0.476. The molecule has 2 aromatic rings. The van der Waals surface area contributed by atoms with Crippen molar-refractivity contribution >= 4 is 17.7 Å². The first-order valence-electron chi connectivity index (χ1n) is 10.3. The van der Waals surface area contributed by atoms with Gasteiger partial charge in [0.1, 0.15) is 5.75 Å². The Morgan fingerprint density at radius 2 is 1.94 bits per heavy atom. The van der Waals surface area contributed by atoms with Gasteiger partial charge >= 0.3 is 6.18 Å². The number of ether oxygens (including phenoxy) is 1. The summed E-state index contributed by atoms with van der Waals surface area (Å²) in [5.74, 6) is -0.462. The fourth-order valence-electron chi connectivity index (χ4n) is 4.79. The Labute approximate surface area is 177 Å². The highest BCUT2D eigenvalue weighted by molar-refractivity contribution is 6.18. The second kappa shape index (κ2) is 7.00. The molecule has 1 saturated carbocycles. The molecule has 1 fully saturated rings. The van der Waals surface area contributed by atoms with Gasteiger partial charge in [0.25, 0.3) is 5.91 Å². The number of halogens is 3. The molecule has 0 saturated heterocycles. The van der Waals surface area contributed by atoms with Crippen LogP contribution in [0.1, 0.15) is 48.1 Å². The van der Waals surface area contributed by atoms with E-state index in [2.05, 4.69) is 9.98 Å². The first-order chi connectivity index (χ1) is 14.8. The Kier molecular flexibility index (Phi) is 4.49. The number of hydrogen-bond acceptors (Lipinski definition) is 5.